The third-order valence-corrected chi connectivity index (χ3v) is 8.80. The maximum Gasteiger partial charge on any atom is 0.416 e. The zero-order valence-electron chi connectivity index (χ0n) is 18.9. The van der Waals surface area contributed by atoms with E-state index < -0.39 is 21.8 Å². The minimum atomic E-state index is -4.46. The Balaban J connectivity index is 1.19. The van der Waals surface area contributed by atoms with Gasteiger partial charge in [0.05, 0.1) is 36.3 Å². The summed E-state index contributed by atoms with van der Waals surface area (Å²) in [6.45, 7) is 5.22. The van der Waals surface area contributed by atoms with Crippen LogP contribution in [0, 0.1) is 5.92 Å². The molecule has 5 rings (SSSR count). The zero-order valence-corrected chi connectivity index (χ0v) is 19.7. The van der Waals surface area contributed by atoms with Crippen molar-refractivity contribution in [2.75, 3.05) is 45.0 Å². The molecule has 3 aliphatic rings. The molecule has 12 heteroatoms. The molecular formula is C22H29F3N6O2S. The van der Waals surface area contributed by atoms with Crippen LogP contribution < -0.4 is 0 Å². The molecule has 1 unspecified atom stereocenters. The Hall–Kier alpha value is -2.02. The molecule has 1 atom stereocenters. The SMILES string of the molecule is O=S1(=O)CC(N2CCN(CC3CC3)CC2)CN1Cc1cn(Cc2ccccc2C(F)(F)F)nn1. The van der Waals surface area contributed by atoms with E-state index in [1.54, 1.807) is 6.07 Å². The highest BCUT2D eigenvalue weighted by molar-refractivity contribution is 7.89. The number of halogens is 3. The van der Waals surface area contributed by atoms with Gasteiger partial charge in [0.15, 0.2) is 0 Å². The van der Waals surface area contributed by atoms with E-state index >= 15 is 0 Å². The van der Waals surface area contributed by atoms with E-state index in [1.165, 1.54) is 40.2 Å². The third-order valence-electron chi connectivity index (χ3n) is 6.93. The smallest absolute Gasteiger partial charge is 0.301 e. The summed E-state index contributed by atoms with van der Waals surface area (Å²) in [7, 11) is -3.43. The van der Waals surface area contributed by atoms with Gasteiger partial charge in [-0.15, -0.1) is 5.10 Å². The van der Waals surface area contributed by atoms with Crippen molar-refractivity contribution in [3.8, 4) is 0 Å². The Morgan fingerprint density at radius 2 is 1.76 bits per heavy atom. The fourth-order valence-electron chi connectivity index (χ4n) is 4.89. The van der Waals surface area contributed by atoms with Gasteiger partial charge in [0.2, 0.25) is 10.0 Å². The number of piperazine rings is 1. The second-order valence-electron chi connectivity index (χ2n) is 9.57. The summed E-state index contributed by atoms with van der Waals surface area (Å²) in [6.07, 6.45) is -0.278. The lowest BCUT2D eigenvalue weighted by Gasteiger charge is -2.37. The topological polar surface area (TPSA) is 74.6 Å². The highest BCUT2D eigenvalue weighted by atomic mass is 32.2. The Labute approximate surface area is 197 Å². The predicted octanol–water partition coefficient (Wildman–Crippen LogP) is 1.89. The molecule has 0 N–H and O–H groups in total. The van der Waals surface area contributed by atoms with E-state index in [4.69, 9.17) is 0 Å². The number of benzene rings is 1. The number of alkyl halides is 3. The average molecular weight is 499 g/mol. The van der Waals surface area contributed by atoms with Crippen LogP contribution in [0.5, 0.6) is 0 Å². The summed E-state index contributed by atoms with van der Waals surface area (Å²) in [5.41, 5.74) is -0.210. The van der Waals surface area contributed by atoms with Crippen molar-refractivity contribution in [2.24, 2.45) is 5.92 Å². The second kappa shape index (κ2) is 9.21. The first-order valence-corrected chi connectivity index (χ1v) is 13.3. The summed E-state index contributed by atoms with van der Waals surface area (Å²) in [5.74, 6) is 0.937. The van der Waals surface area contributed by atoms with Crippen LogP contribution in [0.2, 0.25) is 0 Å². The molecule has 0 amide bonds. The van der Waals surface area contributed by atoms with Gasteiger partial charge in [-0.2, -0.15) is 17.5 Å². The van der Waals surface area contributed by atoms with Gasteiger partial charge in [0.1, 0.15) is 0 Å². The largest absolute Gasteiger partial charge is 0.416 e. The normalized spacial score (nSPS) is 24.6. The molecule has 0 radical (unpaired) electrons. The van der Waals surface area contributed by atoms with E-state index in [-0.39, 0.29) is 30.4 Å². The third kappa shape index (κ3) is 5.45. The molecule has 1 saturated carbocycles. The van der Waals surface area contributed by atoms with Gasteiger partial charge in [-0.05, 0) is 30.4 Å². The molecule has 186 valence electrons. The van der Waals surface area contributed by atoms with Crippen LogP contribution in [-0.2, 0) is 29.3 Å². The lowest BCUT2D eigenvalue weighted by atomic mass is 10.1. The molecule has 2 aromatic rings. The maximum atomic E-state index is 13.3. The fraction of sp³-hybridized carbons (Fsp3) is 0.636. The molecule has 1 aliphatic carbocycles. The monoisotopic (exact) mass is 498 g/mol. The van der Waals surface area contributed by atoms with Crippen LogP contribution in [0.25, 0.3) is 0 Å². The summed E-state index contributed by atoms with van der Waals surface area (Å²) in [6, 6.07) is 5.29. The second-order valence-corrected chi connectivity index (χ2v) is 11.6. The molecule has 2 aliphatic heterocycles. The molecule has 0 spiro atoms. The number of aromatic nitrogens is 3. The predicted molar refractivity (Wildman–Crippen MR) is 119 cm³/mol. The number of hydrogen-bond acceptors (Lipinski definition) is 6. The minimum Gasteiger partial charge on any atom is -0.301 e. The first-order valence-electron chi connectivity index (χ1n) is 11.7. The first-order chi connectivity index (χ1) is 16.2. The molecule has 34 heavy (non-hydrogen) atoms. The summed E-state index contributed by atoms with van der Waals surface area (Å²) in [5, 5.41) is 7.95. The average Bonchev–Trinajstić information content (AvgIpc) is 3.40. The molecule has 1 aromatic heterocycles. The fourth-order valence-corrected chi connectivity index (χ4v) is 6.63. The van der Waals surface area contributed by atoms with Crippen LogP contribution in [0.15, 0.2) is 30.5 Å². The van der Waals surface area contributed by atoms with Crippen LogP contribution >= 0.6 is 0 Å². The number of nitrogens with zero attached hydrogens (tertiary/aromatic N) is 6. The van der Waals surface area contributed by atoms with Gasteiger partial charge in [0.25, 0.3) is 0 Å². The Kier molecular flexibility index (Phi) is 6.42. The van der Waals surface area contributed by atoms with Crippen molar-refractivity contribution in [1.82, 2.24) is 29.1 Å². The summed E-state index contributed by atoms with van der Waals surface area (Å²) in [4.78, 5) is 4.75. The number of sulfonamides is 1. The molecule has 8 nitrogen and oxygen atoms in total. The van der Waals surface area contributed by atoms with Crippen molar-refractivity contribution < 1.29 is 21.6 Å². The van der Waals surface area contributed by atoms with E-state index in [0.717, 1.165) is 44.7 Å². The van der Waals surface area contributed by atoms with Gasteiger partial charge in [-0.3, -0.25) is 4.90 Å². The molecule has 3 fully saturated rings. The summed E-state index contributed by atoms with van der Waals surface area (Å²) >= 11 is 0. The summed E-state index contributed by atoms with van der Waals surface area (Å²) < 4.78 is 68.1. The zero-order chi connectivity index (χ0) is 23.9. The standard InChI is InChI=1S/C22H29F3N6O2S/c23-22(24,25)21-4-2-1-3-18(21)12-30-13-19(26-27-30)14-31-15-20(16-34(31,32)33)29-9-7-28(8-10-29)11-17-5-6-17/h1-4,13,17,20H,5-12,14-16H2. The van der Waals surface area contributed by atoms with Crippen molar-refractivity contribution in [2.45, 2.75) is 38.1 Å². The van der Waals surface area contributed by atoms with E-state index in [1.807, 2.05) is 0 Å². The van der Waals surface area contributed by atoms with Crippen molar-refractivity contribution in [3.05, 3.63) is 47.3 Å². The molecule has 0 bridgehead atoms. The number of rotatable bonds is 7. The van der Waals surface area contributed by atoms with Crippen LogP contribution in [0.1, 0.15) is 29.7 Å². The highest BCUT2D eigenvalue weighted by Crippen LogP contribution is 2.32. The Bertz CT molecular complexity index is 1110. The Morgan fingerprint density at radius 3 is 2.47 bits per heavy atom. The van der Waals surface area contributed by atoms with Crippen molar-refractivity contribution >= 4 is 10.0 Å². The van der Waals surface area contributed by atoms with Crippen LogP contribution in [0.4, 0.5) is 13.2 Å². The molecule has 1 aromatic carbocycles. The maximum absolute atomic E-state index is 13.3. The lowest BCUT2D eigenvalue weighted by molar-refractivity contribution is -0.138. The van der Waals surface area contributed by atoms with Gasteiger partial charge in [0, 0.05) is 45.3 Å². The number of hydrogen-bond donors (Lipinski definition) is 0. The van der Waals surface area contributed by atoms with E-state index in [0.29, 0.717) is 12.2 Å². The van der Waals surface area contributed by atoms with Crippen LogP contribution in [-0.4, -0.2) is 88.6 Å². The lowest BCUT2D eigenvalue weighted by Crippen LogP contribution is -2.52. The molecular weight excluding hydrogens is 469 g/mol. The first kappa shape index (κ1) is 23.7. The molecule has 3 heterocycles. The van der Waals surface area contributed by atoms with Crippen LogP contribution in [0.3, 0.4) is 0 Å². The van der Waals surface area contributed by atoms with Gasteiger partial charge < -0.3 is 4.90 Å². The van der Waals surface area contributed by atoms with Gasteiger partial charge in [-0.1, -0.05) is 23.4 Å². The Morgan fingerprint density at radius 1 is 1.03 bits per heavy atom. The van der Waals surface area contributed by atoms with E-state index in [2.05, 4.69) is 20.1 Å². The molecule has 2 saturated heterocycles. The highest BCUT2D eigenvalue weighted by Gasteiger charge is 2.40. The van der Waals surface area contributed by atoms with Gasteiger partial charge in [-0.25, -0.2) is 13.1 Å². The van der Waals surface area contributed by atoms with E-state index in [9.17, 15) is 21.6 Å². The van der Waals surface area contributed by atoms with Gasteiger partial charge >= 0.3 is 6.18 Å². The van der Waals surface area contributed by atoms with Crippen molar-refractivity contribution in [1.29, 1.82) is 0 Å². The quantitative estimate of drug-likeness (QED) is 0.581. The van der Waals surface area contributed by atoms with Crippen molar-refractivity contribution in [3.63, 3.8) is 0 Å². The minimum absolute atomic E-state index is 0.0539.